The zero-order valence-electron chi connectivity index (χ0n) is 12.8. The van der Waals surface area contributed by atoms with Crippen molar-refractivity contribution in [1.82, 2.24) is 15.5 Å². The fraction of sp³-hybridized carbons (Fsp3) is 0.471. The summed E-state index contributed by atoms with van der Waals surface area (Å²) in [5, 5.41) is 5.62. The van der Waals surface area contributed by atoms with Gasteiger partial charge < -0.3 is 10.6 Å². The van der Waals surface area contributed by atoms with E-state index in [1.807, 2.05) is 24.3 Å². The molecule has 1 saturated carbocycles. The molecule has 2 N–H and O–H groups in total. The van der Waals surface area contributed by atoms with Crippen molar-refractivity contribution >= 4 is 17.8 Å². The molecule has 1 aliphatic heterocycles. The molecule has 1 aromatic carbocycles. The van der Waals surface area contributed by atoms with Crippen molar-refractivity contribution < 1.29 is 14.4 Å². The van der Waals surface area contributed by atoms with E-state index >= 15 is 0 Å². The Morgan fingerprint density at radius 2 is 2.09 bits per heavy atom. The van der Waals surface area contributed by atoms with Gasteiger partial charge in [-0.1, -0.05) is 24.3 Å². The van der Waals surface area contributed by atoms with Gasteiger partial charge in [0.25, 0.3) is 5.91 Å². The summed E-state index contributed by atoms with van der Waals surface area (Å²) in [6.45, 7) is 0.428. The number of aryl methyl sites for hydroxylation is 1. The van der Waals surface area contributed by atoms with Gasteiger partial charge in [-0.25, -0.2) is 4.79 Å². The molecular weight excluding hydrogens is 294 g/mol. The van der Waals surface area contributed by atoms with Crippen molar-refractivity contribution in [1.29, 1.82) is 0 Å². The first kappa shape index (κ1) is 14.2. The molecular formula is C17H19N3O3. The summed E-state index contributed by atoms with van der Waals surface area (Å²) in [5.74, 6) is -0.0205. The Morgan fingerprint density at radius 1 is 1.30 bits per heavy atom. The fourth-order valence-corrected chi connectivity index (χ4v) is 3.51. The van der Waals surface area contributed by atoms with Gasteiger partial charge in [-0.2, -0.15) is 0 Å². The first-order valence-corrected chi connectivity index (χ1v) is 8.09. The second-order valence-corrected chi connectivity index (χ2v) is 6.63. The molecule has 1 aromatic rings. The SMILES string of the molecule is O=C(CN1C(=O)N[C@@]2(CCc3ccccc32)C1=O)NCC1CC1. The molecule has 2 fully saturated rings. The van der Waals surface area contributed by atoms with Crippen LogP contribution in [0.25, 0.3) is 0 Å². The lowest BCUT2D eigenvalue weighted by atomic mass is 9.92. The predicted octanol–water partition coefficient (Wildman–Crippen LogP) is 0.906. The molecule has 4 rings (SSSR count). The molecule has 4 amide bonds. The summed E-state index contributed by atoms with van der Waals surface area (Å²) in [5.41, 5.74) is 0.963. The van der Waals surface area contributed by atoms with Crippen molar-refractivity contribution in [2.24, 2.45) is 5.92 Å². The van der Waals surface area contributed by atoms with Gasteiger partial charge in [-0.05, 0) is 42.7 Å². The van der Waals surface area contributed by atoms with Gasteiger partial charge in [0, 0.05) is 6.54 Å². The van der Waals surface area contributed by atoms with Gasteiger partial charge in [0.15, 0.2) is 0 Å². The third-order valence-corrected chi connectivity index (χ3v) is 5.01. The van der Waals surface area contributed by atoms with Gasteiger partial charge in [-0.15, -0.1) is 0 Å². The van der Waals surface area contributed by atoms with Crippen molar-refractivity contribution in [3.05, 3.63) is 35.4 Å². The van der Waals surface area contributed by atoms with E-state index in [2.05, 4.69) is 10.6 Å². The number of carbonyl (C=O) groups is 3. The molecule has 120 valence electrons. The van der Waals surface area contributed by atoms with E-state index in [0.717, 1.165) is 35.3 Å². The molecule has 3 aliphatic rings. The molecule has 0 radical (unpaired) electrons. The zero-order valence-corrected chi connectivity index (χ0v) is 12.8. The Hall–Kier alpha value is -2.37. The highest BCUT2D eigenvalue weighted by Gasteiger charge is 2.55. The van der Waals surface area contributed by atoms with Crippen LogP contribution in [0.15, 0.2) is 24.3 Å². The molecule has 23 heavy (non-hydrogen) atoms. The van der Waals surface area contributed by atoms with Gasteiger partial charge >= 0.3 is 6.03 Å². The summed E-state index contributed by atoms with van der Waals surface area (Å²) in [6.07, 6.45) is 3.59. The zero-order chi connectivity index (χ0) is 16.0. The molecule has 1 saturated heterocycles. The van der Waals surface area contributed by atoms with Crippen LogP contribution in [0.5, 0.6) is 0 Å². The fourth-order valence-electron chi connectivity index (χ4n) is 3.51. The number of urea groups is 1. The number of rotatable bonds is 4. The van der Waals surface area contributed by atoms with Crippen LogP contribution in [0.3, 0.4) is 0 Å². The predicted molar refractivity (Wildman–Crippen MR) is 82.4 cm³/mol. The van der Waals surface area contributed by atoms with Crippen LogP contribution >= 0.6 is 0 Å². The summed E-state index contributed by atoms with van der Waals surface area (Å²) in [6, 6.07) is 7.19. The van der Waals surface area contributed by atoms with Crippen LogP contribution in [0, 0.1) is 5.92 Å². The van der Waals surface area contributed by atoms with Crippen LogP contribution in [-0.2, 0) is 21.5 Å². The monoisotopic (exact) mass is 313 g/mol. The molecule has 0 aromatic heterocycles. The molecule has 6 nitrogen and oxygen atoms in total. The molecule has 1 spiro atoms. The van der Waals surface area contributed by atoms with Gasteiger partial charge in [0.2, 0.25) is 5.91 Å². The van der Waals surface area contributed by atoms with Crippen molar-refractivity contribution in [2.45, 2.75) is 31.2 Å². The highest BCUT2D eigenvalue weighted by molar-refractivity contribution is 6.09. The standard InChI is InChI=1S/C17H19N3O3/c21-14(18-9-11-5-6-11)10-20-15(22)17(19-16(20)23)8-7-12-3-1-2-4-13(12)17/h1-4,11H,5-10H2,(H,18,21)(H,19,23)/t17-/m1/s1. The summed E-state index contributed by atoms with van der Waals surface area (Å²) in [7, 11) is 0. The maximum Gasteiger partial charge on any atom is 0.325 e. The second-order valence-electron chi connectivity index (χ2n) is 6.63. The highest BCUT2D eigenvalue weighted by Crippen LogP contribution is 2.41. The van der Waals surface area contributed by atoms with Gasteiger partial charge in [0.05, 0.1) is 0 Å². The highest BCUT2D eigenvalue weighted by atomic mass is 16.2. The van der Waals surface area contributed by atoms with E-state index in [1.54, 1.807) is 0 Å². The van der Waals surface area contributed by atoms with E-state index in [-0.39, 0.29) is 18.4 Å². The summed E-state index contributed by atoms with van der Waals surface area (Å²) in [4.78, 5) is 38.1. The number of imide groups is 1. The van der Waals surface area contributed by atoms with Crippen LogP contribution in [-0.4, -0.2) is 35.8 Å². The number of hydrogen-bond donors (Lipinski definition) is 2. The Bertz CT molecular complexity index is 698. The minimum atomic E-state index is -0.982. The maximum absolute atomic E-state index is 12.9. The van der Waals surface area contributed by atoms with Crippen LogP contribution < -0.4 is 10.6 Å². The number of fused-ring (bicyclic) bond motifs is 2. The van der Waals surface area contributed by atoms with Crippen molar-refractivity contribution in [2.75, 3.05) is 13.1 Å². The molecule has 2 aliphatic carbocycles. The van der Waals surface area contributed by atoms with E-state index in [1.165, 1.54) is 0 Å². The first-order valence-electron chi connectivity index (χ1n) is 8.09. The summed E-state index contributed by atoms with van der Waals surface area (Å²) < 4.78 is 0. The van der Waals surface area contributed by atoms with E-state index in [0.29, 0.717) is 18.9 Å². The number of hydrogen-bond acceptors (Lipinski definition) is 3. The maximum atomic E-state index is 12.9. The van der Waals surface area contributed by atoms with Crippen molar-refractivity contribution in [3.8, 4) is 0 Å². The molecule has 1 atom stereocenters. The Balaban J connectivity index is 1.51. The van der Waals surface area contributed by atoms with Crippen LogP contribution in [0.2, 0.25) is 0 Å². The first-order chi connectivity index (χ1) is 11.1. The van der Waals surface area contributed by atoms with E-state index in [9.17, 15) is 14.4 Å². The Labute approximate surface area is 134 Å². The Morgan fingerprint density at radius 3 is 2.87 bits per heavy atom. The molecule has 6 heteroatoms. The minimum absolute atomic E-state index is 0.207. The molecule has 1 heterocycles. The van der Waals surface area contributed by atoms with E-state index < -0.39 is 11.6 Å². The Kier molecular flexibility index (Phi) is 3.14. The lowest BCUT2D eigenvalue weighted by molar-refractivity contribution is -0.135. The number of carbonyl (C=O) groups excluding carboxylic acids is 3. The summed E-state index contributed by atoms with van der Waals surface area (Å²) >= 11 is 0. The lowest BCUT2D eigenvalue weighted by Gasteiger charge is -2.22. The largest absolute Gasteiger partial charge is 0.354 e. The molecule has 0 unspecified atom stereocenters. The average Bonchev–Trinajstić information content (AvgIpc) is 3.27. The average molecular weight is 313 g/mol. The van der Waals surface area contributed by atoms with Gasteiger partial charge in [0.1, 0.15) is 12.1 Å². The number of amides is 4. The van der Waals surface area contributed by atoms with Gasteiger partial charge in [-0.3, -0.25) is 14.5 Å². The van der Waals surface area contributed by atoms with Crippen molar-refractivity contribution in [3.63, 3.8) is 0 Å². The number of benzene rings is 1. The lowest BCUT2D eigenvalue weighted by Crippen LogP contribution is -2.44. The topological polar surface area (TPSA) is 78.5 Å². The number of nitrogens with zero attached hydrogens (tertiary/aromatic N) is 1. The normalized spacial score (nSPS) is 25.7. The van der Waals surface area contributed by atoms with Crippen LogP contribution in [0.4, 0.5) is 4.79 Å². The molecule has 0 bridgehead atoms. The van der Waals surface area contributed by atoms with E-state index in [4.69, 9.17) is 0 Å². The quantitative estimate of drug-likeness (QED) is 0.811. The second kappa shape index (κ2) is 5.08. The smallest absolute Gasteiger partial charge is 0.325 e. The third kappa shape index (κ3) is 2.29. The number of nitrogens with one attached hydrogen (secondary N) is 2. The third-order valence-electron chi connectivity index (χ3n) is 5.01. The van der Waals surface area contributed by atoms with Crippen LogP contribution in [0.1, 0.15) is 30.4 Å². The minimum Gasteiger partial charge on any atom is -0.354 e.